The highest BCUT2D eigenvalue weighted by molar-refractivity contribution is 7.47. The minimum atomic E-state index is -4.31. The number of aliphatic hydroxyl groups is 1. The van der Waals surface area contributed by atoms with Crippen LogP contribution in [-0.4, -0.2) is 73.4 Å². The molecule has 8 nitrogen and oxygen atoms in total. The highest BCUT2D eigenvalue weighted by Gasteiger charge is 2.28. The van der Waals surface area contributed by atoms with Crippen molar-refractivity contribution in [3.8, 4) is 0 Å². The topological polar surface area (TPSA) is 105 Å². The van der Waals surface area contributed by atoms with Gasteiger partial charge in [-0.15, -0.1) is 0 Å². The Morgan fingerprint density at radius 1 is 0.508 bits per heavy atom. The highest BCUT2D eigenvalue weighted by Crippen LogP contribution is 2.43. The second-order valence-corrected chi connectivity index (χ2v) is 20.7. The van der Waals surface area contributed by atoms with Gasteiger partial charge in [0, 0.05) is 6.42 Å². The molecule has 0 radical (unpaired) electrons. The third kappa shape index (κ3) is 45.3. The van der Waals surface area contributed by atoms with Crippen LogP contribution in [0.2, 0.25) is 0 Å². The Labute approximate surface area is 368 Å². The second kappa shape index (κ2) is 42.8. The molecule has 0 aliphatic rings. The smallest absolute Gasteiger partial charge is 0.391 e. The van der Waals surface area contributed by atoms with Gasteiger partial charge in [-0.05, 0) is 12.8 Å². The number of aliphatic hydroxyl groups excluding tert-OH is 1. The Morgan fingerprint density at radius 2 is 0.814 bits per heavy atom. The molecular weight excluding hydrogens is 756 g/mol. The van der Waals surface area contributed by atoms with Crippen LogP contribution in [0.5, 0.6) is 0 Å². The van der Waals surface area contributed by atoms with E-state index in [-0.39, 0.29) is 19.1 Å². The largest absolute Gasteiger partial charge is 0.472 e. The summed E-state index contributed by atoms with van der Waals surface area (Å²) in [6.45, 7) is 4.90. The first-order chi connectivity index (χ1) is 28.5. The van der Waals surface area contributed by atoms with Gasteiger partial charge in [-0.25, -0.2) is 4.57 Å². The maximum absolute atomic E-state index is 12.9. The van der Waals surface area contributed by atoms with Gasteiger partial charge in [0.05, 0.1) is 39.9 Å². The van der Waals surface area contributed by atoms with Gasteiger partial charge in [0.15, 0.2) is 0 Å². The van der Waals surface area contributed by atoms with Gasteiger partial charge in [-0.2, -0.15) is 0 Å². The Hall–Kier alpha value is -0.500. The number of nitrogens with one attached hydrogen (secondary N) is 1. The molecule has 9 heteroatoms. The van der Waals surface area contributed by atoms with Gasteiger partial charge < -0.3 is 19.8 Å². The number of nitrogens with zero attached hydrogens (tertiary/aromatic N) is 1. The SMILES string of the molecule is CCCCCCCCCCCCCCCCCCCCCCCCCCCCCC(=O)NC(COP(=O)(O)OCC[N+](C)(C)C)C(O)CCCCCCCCCCCC. The van der Waals surface area contributed by atoms with Gasteiger partial charge in [0.2, 0.25) is 5.91 Å². The number of rotatable bonds is 48. The first-order valence-electron chi connectivity index (χ1n) is 25.9. The van der Waals surface area contributed by atoms with Gasteiger partial charge in [0.25, 0.3) is 0 Å². The number of phosphoric ester groups is 1. The van der Waals surface area contributed by atoms with E-state index in [1.807, 2.05) is 21.1 Å². The summed E-state index contributed by atoms with van der Waals surface area (Å²) in [4.78, 5) is 23.2. The van der Waals surface area contributed by atoms with Crippen LogP contribution in [0.1, 0.15) is 264 Å². The molecule has 0 saturated heterocycles. The van der Waals surface area contributed by atoms with Crippen molar-refractivity contribution < 1.29 is 32.9 Å². The van der Waals surface area contributed by atoms with Gasteiger partial charge >= 0.3 is 7.82 Å². The van der Waals surface area contributed by atoms with E-state index in [4.69, 9.17) is 9.05 Å². The zero-order valence-corrected chi connectivity index (χ0v) is 41.2. The van der Waals surface area contributed by atoms with Crippen molar-refractivity contribution in [1.82, 2.24) is 5.32 Å². The lowest BCUT2D eigenvalue weighted by molar-refractivity contribution is -0.870. The van der Waals surface area contributed by atoms with Crippen LogP contribution in [0, 0.1) is 0 Å². The first-order valence-corrected chi connectivity index (χ1v) is 27.4. The second-order valence-electron chi connectivity index (χ2n) is 19.3. The maximum atomic E-state index is 12.9. The van der Waals surface area contributed by atoms with Crippen molar-refractivity contribution in [2.75, 3.05) is 40.9 Å². The molecule has 0 rings (SSSR count). The molecule has 1 amide bonds. The third-order valence-corrected chi connectivity index (χ3v) is 13.1. The van der Waals surface area contributed by atoms with Crippen LogP contribution in [0.4, 0.5) is 0 Å². The fourth-order valence-electron chi connectivity index (χ4n) is 7.99. The van der Waals surface area contributed by atoms with Crippen LogP contribution in [0.15, 0.2) is 0 Å². The molecule has 0 aliphatic carbocycles. The normalized spacial score (nSPS) is 14.1. The number of quaternary nitrogens is 1. The zero-order chi connectivity index (χ0) is 43.6. The summed E-state index contributed by atoms with van der Waals surface area (Å²) in [5.41, 5.74) is 0. The fraction of sp³-hybridized carbons (Fsp3) is 0.980. The Bertz CT molecular complexity index is 932. The molecule has 0 aliphatic heterocycles. The van der Waals surface area contributed by atoms with E-state index in [1.54, 1.807) is 0 Å². The van der Waals surface area contributed by atoms with Gasteiger partial charge in [0.1, 0.15) is 13.2 Å². The lowest BCUT2D eigenvalue weighted by Crippen LogP contribution is -2.46. The van der Waals surface area contributed by atoms with Gasteiger partial charge in [-0.1, -0.05) is 245 Å². The summed E-state index contributed by atoms with van der Waals surface area (Å²) in [6.07, 6.45) is 48.7. The monoisotopic (exact) mass is 860 g/mol. The van der Waals surface area contributed by atoms with Crippen molar-refractivity contribution in [2.24, 2.45) is 0 Å². The van der Waals surface area contributed by atoms with Crippen molar-refractivity contribution in [1.29, 1.82) is 0 Å². The predicted molar refractivity (Wildman–Crippen MR) is 254 cm³/mol. The number of likely N-dealkylation sites (N-methyl/N-ethyl adjacent to an activating group) is 1. The molecule has 0 saturated carbocycles. The number of hydrogen-bond donors (Lipinski definition) is 3. The molecule has 59 heavy (non-hydrogen) atoms. The quantitative estimate of drug-likeness (QED) is 0.0320. The standard InChI is InChI=1S/C50H103N2O6P/c1-6-8-10-12-14-16-18-19-20-21-22-23-24-25-26-27-28-29-30-31-32-33-34-36-38-40-42-44-50(54)51-48(47-58-59(55,56)57-46-45-52(3,4)5)49(53)43-41-39-37-35-17-15-13-11-9-7-2/h48-49,53H,6-47H2,1-5H3,(H-,51,54,55,56)/p+1. The first kappa shape index (κ1) is 58.5. The average molecular weight is 860 g/mol. The molecule has 0 spiro atoms. The molecule has 0 heterocycles. The number of carbonyl (C=O) groups is 1. The summed E-state index contributed by atoms with van der Waals surface area (Å²) >= 11 is 0. The molecule has 3 atom stereocenters. The molecule has 0 fully saturated rings. The van der Waals surface area contributed by atoms with Crippen molar-refractivity contribution >= 4 is 13.7 Å². The summed E-state index contributed by atoms with van der Waals surface area (Å²) < 4.78 is 23.6. The van der Waals surface area contributed by atoms with Crippen LogP contribution in [-0.2, 0) is 18.4 Å². The summed E-state index contributed by atoms with van der Waals surface area (Å²) in [5.74, 6) is -0.140. The molecule has 3 unspecified atom stereocenters. The summed E-state index contributed by atoms with van der Waals surface area (Å²) in [5, 5.41) is 13.9. The van der Waals surface area contributed by atoms with Crippen LogP contribution < -0.4 is 5.32 Å². The number of phosphoric acid groups is 1. The van der Waals surface area contributed by atoms with Crippen LogP contribution in [0.3, 0.4) is 0 Å². The van der Waals surface area contributed by atoms with E-state index in [1.165, 1.54) is 199 Å². The zero-order valence-electron chi connectivity index (χ0n) is 40.3. The molecule has 3 N–H and O–H groups in total. The lowest BCUT2D eigenvalue weighted by atomic mass is 10.0. The summed E-state index contributed by atoms with van der Waals surface area (Å²) in [6, 6.07) is -0.752. The molecule has 0 aromatic heterocycles. The van der Waals surface area contributed by atoms with Crippen LogP contribution in [0.25, 0.3) is 0 Å². The summed E-state index contributed by atoms with van der Waals surface area (Å²) in [7, 11) is 1.63. The molecule has 0 aromatic carbocycles. The van der Waals surface area contributed by atoms with Crippen molar-refractivity contribution in [3.05, 3.63) is 0 Å². The molecule has 0 bridgehead atoms. The van der Waals surface area contributed by atoms with E-state index in [2.05, 4.69) is 19.2 Å². The van der Waals surface area contributed by atoms with E-state index in [0.29, 0.717) is 23.9 Å². The van der Waals surface area contributed by atoms with Crippen LogP contribution >= 0.6 is 7.82 Å². The Morgan fingerprint density at radius 3 is 1.14 bits per heavy atom. The number of hydrogen-bond acceptors (Lipinski definition) is 5. The fourth-order valence-corrected chi connectivity index (χ4v) is 8.73. The van der Waals surface area contributed by atoms with E-state index in [0.717, 1.165) is 38.5 Å². The van der Waals surface area contributed by atoms with Crippen molar-refractivity contribution in [3.63, 3.8) is 0 Å². The van der Waals surface area contributed by atoms with E-state index >= 15 is 0 Å². The number of amides is 1. The average Bonchev–Trinajstić information content (AvgIpc) is 3.19. The van der Waals surface area contributed by atoms with E-state index in [9.17, 15) is 19.4 Å². The predicted octanol–water partition coefficient (Wildman–Crippen LogP) is 14.9. The highest BCUT2D eigenvalue weighted by atomic mass is 31.2. The minimum Gasteiger partial charge on any atom is -0.391 e. The van der Waals surface area contributed by atoms with E-state index < -0.39 is 20.0 Å². The molecule has 354 valence electrons. The van der Waals surface area contributed by atoms with Crippen molar-refractivity contribution in [2.45, 2.75) is 276 Å². The van der Waals surface area contributed by atoms with Gasteiger partial charge in [-0.3, -0.25) is 13.8 Å². The molecular formula is C50H104N2O6P+. The Kier molecular flexibility index (Phi) is 42.4. The minimum absolute atomic E-state index is 0.0785. The molecule has 0 aromatic rings. The maximum Gasteiger partial charge on any atom is 0.472 e. The third-order valence-electron chi connectivity index (χ3n) is 12.1. The Balaban J connectivity index is 4.00. The number of carbonyl (C=O) groups excluding carboxylic acids is 1. The lowest BCUT2D eigenvalue weighted by Gasteiger charge is -2.26. The number of unbranched alkanes of at least 4 members (excludes halogenated alkanes) is 35.